The molecule has 0 amide bonds. The van der Waals surface area contributed by atoms with Crippen molar-refractivity contribution in [2.75, 3.05) is 13.7 Å². The number of rotatable bonds is 9. The zero-order valence-corrected chi connectivity index (χ0v) is 10.6. The van der Waals surface area contributed by atoms with Crippen LogP contribution in [0.2, 0.25) is 0 Å². The van der Waals surface area contributed by atoms with Crippen molar-refractivity contribution in [3.8, 4) is 0 Å². The molecule has 1 rings (SSSR count). The lowest BCUT2D eigenvalue weighted by Crippen LogP contribution is -2.24. The maximum atomic E-state index is 10.6. The van der Waals surface area contributed by atoms with E-state index < -0.39 is 12.1 Å². The molecule has 8 nitrogen and oxygen atoms in total. The van der Waals surface area contributed by atoms with Crippen molar-refractivity contribution in [2.24, 2.45) is 0 Å². The van der Waals surface area contributed by atoms with Crippen molar-refractivity contribution in [1.29, 1.82) is 0 Å². The first kappa shape index (κ1) is 14.5. The second-order valence-corrected chi connectivity index (χ2v) is 3.79. The van der Waals surface area contributed by atoms with Gasteiger partial charge < -0.3 is 14.6 Å². The molecule has 0 aliphatic carbocycles. The first-order valence-corrected chi connectivity index (χ1v) is 5.74. The van der Waals surface area contributed by atoms with Crippen LogP contribution in [0.1, 0.15) is 25.6 Å². The van der Waals surface area contributed by atoms with Crippen molar-refractivity contribution in [3.63, 3.8) is 0 Å². The van der Waals surface area contributed by atoms with E-state index in [-0.39, 0.29) is 6.42 Å². The SMILES string of the molecule is CCCOCc1nnnn1CC(CC(=O)O)OC. The third-order valence-electron chi connectivity index (χ3n) is 2.30. The Labute approximate surface area is 105 Å². The van der Waals surface area contributed by atoms with Crippen LogP contribution in [-0.2, 0) is 27.4 Å². The molecule has 1 aromatic heterocycles. The van der Waals surface area contributed by atoms with E-state index in [0.717, 1.165) is 6.42 Å². The van der Waals surface area contributed by atoms with Gasteiger partial charge in [0, 0.05) is 13.7 Å². The van der Waals surface area contributed by atoms with Gasteiger partial charge in [0.25, 0.3) is 0 Å². The van der Waals surface area contributed by atoms with Crippen molar-refractivity contribution < 1.29 is 19.4 Å². The quantitative estimate of drug-likeness (QED) is 0.626. The van der Waals surface area contributed by atoms with Gasteiger partial charge in [-0.25, -0.2) is 4.68 Å². The van der Waals surface area contributed by atoms with E-state index >= 15 is 0 Å². The summed E-state index contributed by atoms with van der Waals surface area (Å²) >= 11 is 0. The number of aliphatic carboxylic acids is 1. The smallest absolute Gasteiger partial charge is 0.306 e. The predicted octanol–water partition coefficient (Wildman–Crippen LogP) is 0.0894. The molecule has 102 valence electrons. The van der Waals surface area contributed by atoms with Gasteiger partial charge in [0.05, 0.1) is 19.1 Å². The maximum Gasteiger partial charge on any atom is 0.306 e. The number of carbonyl (C=O) groups is 1. The molecule has 1 N–H and O–H groups in total. The van der Waals surface area contributed by atoms with Crippen LogP contribution < -0.4 is 0 Å². The Morgan fingerprint density at radius 3 is 2.94 bits per heavy atom. The van der Waals surface area contributed by atoms with Crippen molar-refractivity contribution in [1.82, 2.24) is 20.2 Å². The van der Waals surface area contributed by atoms with E-state index in [0.29, 0.717) is 25.6 Å². The highest BCUT2D eigenvalue weighted by atomic mass is 16.5. The number of ether oxygens (including phenoxy) is 2. The lowest BCUT2D eigenvalue weighted by molar-refractivity contribution is -0.140. The Hall–Kier alpha value is -1.54. The molecule has 0 spiro atoms. The molecule has 0 aromatic carbocycles. The highest BCUT2D eigenvalue weighted by molar-refractivity contribution is 5.67. The molecule has 0 aliphatic rings. The summed E-state index contributed by atoms with van der Waals surface area (Å²) in [5.41, 5.74) is 0. The zero-order valence-electron chi connectivity index (χ0n) is 10.6. The van der Waals surface area contributed by atoms with Crippen LogP contribution in [0.5, 0.6) is 0 Å². The number of tetrazole rings is 1. The Balaban J connectivity index is 2.54. The Kier molecular flexibility index (Phi) is 6.23. The molecule has 1 aromatic rings. The third kappa shape index (κ3) is 4.76. The van der Waals surface area contributed by atoms with Crippen LogP contribution in [-0.4, -0.2) is 51.1 Å². The van der Waals surface area contributed by atoms with Crippen molar-refractivity contribution in [3.05, 3.63) is 5.82 Å². The van der Waals surface area contributed by atoms with E-state index in [4.69, 9.17) is 14.6 Å². The molecule has 0 fully saturated rings. The van der Waals surface area contributed by atoms with Gasteiger partial charge in [0.2, 0.25) is 0 Å². The number of carboxylic acid groups (broad SMARTS) is 1. The summed E-state index contributed by atoms with van der Waals surface area (Å²) in [5, 5.41) is 19.9. The Morgan fingerprint density at radius 2 is 2.33 bits per heavy atom. The summed E-state index contributed by atoms with van der Waals surface area (Å²) in [6, 6.07) is 0. The number of hydrogen-bond donors (Lipinski definition) is 1. The average Bonchev–Trinajstić information content (AvgIpc) is 2.75. The van der Waals surface area contributed by atoms with E-state index in [1.807, 2.05) is 6.92 Å². The van der Waals surface area contributed by atoms with Crippen LogP contribution in [0.3, 0.4) is 0 Å². The minimum Gasteiger partial charge on any atom is -0.481 e. The lowest BCUT2D eigenvalue weighted by Gasteiger charge is -2.13. The van der Waals surface area contributed by atoms with E-state index in [2.05, 4.69) is 15.5 Å². The van der Waals surface area contributed by atoms with E-state index in [9.17, 15) is 4.79 Å². The first-order chi connectivity index (χ1) is 8.67. The number of nitrogens with zero attached hydrogens (tertiary/aromatic N) is 4. The molecule has 0 saturated heterocycles. The monoisotopic (exact) mass is 258 g/mol. The minimum atomic E-state index is -0.918. The molecular formula is C10H18N4O4. The summed E-state index contributed by atoms with van der Waals surface area (Å²) in [6.07, 6.45) is 0.364. The molecule has 8 heteroatoms. The van der Waals surface area contributed by atoms with Gasteiger partial charge in [-0.05, 0) is 16.8 Å². The fourth-order valence-corrected chi connectivity index (χ4v) is 1.39. The second kappa shape index (κ2) is 7.72. The topological polar surface area (TPSA) is 99.4 Å². The highest BCUT2D eigenvalue weighted by Crippen LogP contribution is 2.04. The summed E-state index contributed by atoms with van der Waals surface area (Å²) in [7, 11) is 1.46. The third-order valence-corrected chi connectivity index (χ3v) is 2.30. The van der Waals surface area contributed by atoms with Crippen molar-refractivity contribution >= 4 is 5.97 Å². The number of hydrogen-bond acceptors (Lipinski definition) is 6. The van der Waals surface area contributed by atoms with Crippen LogP contribution in [0.15, 0.2) is 0 Å². The summed E-state index contributed by atoms with van der Waals surface area (Å²) in [4.78, 5) is 10.6. The van der Waals surface area contributed by atoms with Gasteiger partial charge in [-0.1, -0.05) is 6.92 Å². The highest BCUT2D eigenvalue weighted by Gasteiger charge is 2.16. The van der Waals surface area contributed by atoms with Gasteiger partial charge in [0.15, 0.2) is 5.82 Å². The molecular weight excluding hydrogens is 240 g/mol. The molecule has 1 atom stereocenters. The molecule has 0 aliphatic heterocycles. The van der Waals surface area contributed by atoms with Crippen LogP contribution in [0, 0.1) is 0 Å². The molecule has 1 heterocycles. The Bertz CT molecular complexity index is 369. The molecule has 0 radical (unpaired) electrons. The molecule has 0 bridgehead atoms. The number of aromatic nitrogens is 4. The molecule has 0 saturated carbocycles. The van der Waals surface area contributed by atoms with Crippen LogP contribution >= 0.6 is 0 Å². The average molecular weight is 258 g/mol. The fraction of sp³-hybridized carbons (Fsp3) is 0.800. The van der Waals surface area contributed by atoms with Gasteiger partial charge in [-0.3, -0.25) is 4.79 Å². The maximum absolute atomic E-state index is 10.6. The number of methoxy groups -OCH3 is 1. The zero-order chi connectivity index (χ0) is 13.4. The van der Waals surface area contributed by atoms with Gasteiger partial charge >= 0.3 is 5.97 Å². The van der Waals surface area contributed by atoms with Crippen LogP contribution in [0.4, 0.5) is 0 Å². The summed E-state index contributed by atoms with van der Waals surface area (Å²) in [5.74, 6) is -0.352. The summed E-state index contributed by atoms with van der Waals surface area (Å²) in [6.45, 7) is 3.25. The molecule has 1 unspecified atom stereocenters. The van der Waals surface area contributed by atoms with Gasteiger partial charge in [-0.15, -0.1) is 5.10 Å². The molecule has 18 heavy (non-hydrogen) atoms. The largest absolute Gasteiger partial charge is 0.481 e. The van der Waals surface area contributed by atoms with Gasteiger partial charge in [0.1, 0.15) is 6.61 Å². The lowest BCUT2D eigenvalue weighted by atomic mass is 10.2. The predicted molar refractivity (Wildman–Crippen MR) is 60.8 cm³/mol. The second-order valence-electron chi connectivity index (χ2n) is 3.79. The van der Waals surface area contributed by atoms with E-state index in [1.54, 1.807) is 0 Å². The Morgan fingerprint density at radius 1 is 1.56 bits per heavy atom. The normalized spacial score (nSPS) is 12.6. The van der Waals surface area contributed by atoms with Gasteiger partial charge in [-0.2, -0.15) is 0 Å². The first-order valence-electron chi connectivity index (χ1n) is 5.74. The standard InChI is InChI=1S/C10H18N4O4/c1-3-4-18-7-9-11-12-13-14(9)6-8(17-2)5-10(15)16/h8H,3-7H2,1-2H3,(H,15,16). The number of carboxylic acids is 1. The fourth-order valence-electron chi connectivity index (χ4n) is 1.39. The summed E-state index contributed by atoms with van der Waals surface area (Å²) < 4.78 is 11.9. The van der Waals surface area contributed by atoms with Crippen LogP contribution in [0.25, 0.3) is 0 Å². The minimum absolute atomic E-state index is 0.0916. The van der Waals surface area contributed by atoms with Crippen molar-refractivity contribution in [2.45, 2.75) is 39.0 Å². The van der Waals surface area contributed by atoms with E-state index in [1.165, 1.54) is 11.8 Å².